The van der Waals surface area contributed by atoms with E-state index in [1.54, 1.807) is 6.92 Å². The number of aliphatic hydroxyl groups is 3. The Kier molecular flexibility index (Phi) is 5.04. The third-order valence-corrected chi connectivity index (χ3v) is 1.72. The highest BCUT2D eigenvalue weighted by Crippen LogP contribution is 2.05. The Balaban J connectivity index is 3.86. The van der Waals surface area contributed by atoms with E-state index in [9.17, 15) is 4.79 Å². The van der Waals surface area contributed by atoms with Crippen molar-refractivity contribution in [3.05, 3.63) is 0 Å². The highest BCUT2D eigenvalue weighted by molar-refractivity contribution is 5.78. The first kappa shape index (κ1) is 11.6. The average Bonchev–Trinajstić information content (AvgIpc) is 2.02. The van der Waals surface area contributed by atoms with Crippen molar-refractivity contribution in [3.8, 4) is 0 Å². The molecular formula is C8H16O4. The number of rotatable bonds is 5. The predicted octanol–water partition coefficient (Wildman–Crippen LogP) is -0.542. The molecule has 0 rings (SSSR count). The SMILES string of the molecule is CCC(=O)CC(O)C(O)C(C)O. The van der Waals surface area contributed by atoms with E-state index in [0.717, 1.165) is 0 Å². The van der Waals surface area contributed by atoms with Gasteiger partial charge in [0, 0.05) is 12.8 Å². The molecule has 0 aromatic carbocycles. The Morgan fingerprint density at radius 1 is 1.33 bits per heavy atom. The van der Waals surface area contributed by atoms with Gasteiger partial charge in [0.05, 0.1) is 12.2 Å². The van der Waals surface area contributed by atoms with Crippen LogP contribution >= 0.6 is 0 Å². The summed E-state index contributed by atoms with van der Waals surface area (Å²) < 4.78 is 0. The van der Waals surface area contributed by atoms with Crippen LogP contribution in [-0.4, -0.2) is 39.4 Å². The van der Waals surface area contributed by atoms with E-state index in [2.05, 4.69) is 0 Å². The van der Waals surface area contributed by atoms with Gasteiger partial charge in [0.2, 0.25) is 0 Å². The lowest BCUT2D eigenvalue weighted by Crippen LogP contribution is -2.36. The van der Waals surface area contributed by atoms with Crippen molar-refractivity contribution in [3.63, 3.8) is 0 Å². The van der Waals surface area contributed by atoms with Crippen molar-refractivity contribution in [2.75, 3.05) is 0 Å². The van der Waals surface area contributed by atoms with Crippen LogP contribution in [0.15, 0.2) is 0 Å². The minimum absolute atomic E-state index is 0.0947. The van der Waals surface area contributed by atoms with Crippen molar-refractivity contribution < 1.29 is 20.1 Å². The van der Waals surface area contributed by atoms with E-state index in [1.807, 2.05) is 0 Å². The highest BCUT2D eigenvalue weighted by Gasteiger charge is 2.22. The van der Waals surface area contributed by atoms with Gasteiger partial charge in [-0.25, -0.2) is 0 Å². The molecule has 0 saturated carbocycles. The Hall–Kier alpha value is -0.450. The van der Waals surface area contributed by atoms with Gasteiger partial charge in [-0.15, -0.1) is 0 Å². The molecule has 0 fully saturated rings. The number of carbonyl (C=O) groups excluding carboxylic acids is 1. The third-order valence-electron chi connectivity index (χ3n) is 1.72. The zero-order valence-corrected chi connectivity index (χ0v) is 7.40. The van der Waals surface area contributed by atoms with E-state index in [4.69, 9.17) is 15.3 Å². The molecule has 4 nitrogen and oxygen atoms in total. The second kappa shape index (κ2) is 5.24. The highest BCUT2D eigenvalue weighted by atomic mass is 16.4. The van der Waals surface area contributed by atoms with E-state index >= 15 is 0 Å². The van der Waals surface area contributed by atoms with Gasteiger partial charge in [-0.3, -0.25) is 4.79 Å². The summed E-state index contributed by atoms with van der Waals surface area (Å²) in [4.78, 5) is 10.8. The van der Waals surface area contributed by atoms with Crippen molar-refractivity contribution >= 4 is 5.78 Å². The van der Waals surface area contributed by atoms with Crippen LogP contribution in [0.5, 0.6) is 0 Å². The molecule has 0 aliphatic rings. The molecule has 0 aromatic rings. The maximum atomic E-state index is 10.8. The van der Waals surface area contributed by atoms with E-state index in [-0.39, 0.29) is 12.2 Å². The normalized spacial score (nSPS) is 18.4. The molecule has 3 atom stereocenters. The lowest BCUT2D eigenvalue weighted by Gasteiger charge is -2.19. The van der Waals surface area contributed by atoms with Crippen LogP contribution in [0.3, 0.4) is 0 Å². The number of aliphatic hydroxyl groups excluding tert-OH is 3. The summed E-state index contributed by atoms with van der Waals surface area (Å²) in [6.45, 7) is 3.05. The van der Waals surface area contributed by atoms with Crippen LogP contribution in [0.2, 0.25) is 0 Å². The van der Waals surface area contributed by atoms with Crippen LogP contribution in [0, 0.1) is 0 Å². The molecule has 3 unspecified atom stereocenters. The predicted molar refractivity (Wildman–Crippen MR) is 43.6 cm³/mol. The van der Waals surface area contributed by atoms with Crippen molar-refractivity contribution in [2.24, 2.45) is 0 Å². The van der Waals surface area contributed by atoms with Crippen LogP contribution < -0.4 is 0 Å². The zero-order chi connectivity index (χ0) is 9.72. The molecule has 0 bridgehead atoms. The fraction of sp³-hybridized carbons (Fsp3) is 0.875. The van der Waals surface area contributed by atoms with Crippen molar-refractivity contribution in [1.29, 1.82) is 0 Å². The second-order valence-corrected chi connectivity index (χ2v) is 2.89. The largest absolute Gasteiger partial charge is 0.391 e. The molecule has 0 aliphatic heterocycles. The first-order valence-electron chi connectivity index (χ1n) is 4.05. The monoisotopic (exact) mass is 176 g/mol. The molecule has 0 amide bonds. The van der Waals surface area contributed by atoms with E-state index in [0.29, 0.717) is 6.42 Å². The van der Waals surface area contributed by atoms with Gasteiger partial charge in [-0.1, -0.05) is 6.92 Å². The van der Waals surface area contributed by atoms with Crippen LogP contribution in [0.4, 0.5) is 0 Å². The van der Waals surface area contributed by atoms with Crippen molar-refractivity contribution in [2.45, 2.75) is 45.0 Å². The Morgan fingerprint density at radius 2 is 1.83 bits per heavy atom. The molecule has 12 heavy (non-hydrogen) atoms. The Labute approximate surface area is 71.8 Å². The first-order chi connectivity index (χ1) is 5.49. The molecular weight excluding hydrogens is 160 g/mol. The van der Waals surface area contributed by atoms with Gasteiger partial charge in [0.1, 0.15) is 11.9 Å². The second-order valence-electron chi connectivity index (χ2n) is 2.89. The molecule has 0 spiro atoms. The van der Waals surface area contributed by atoms with Gasteiger partial charge in [0.15, 0.2) is 0 Å². The number of hydrogen-bond donors (Lipinski definition) is 3. The molecule has 0 heterocycles. The quantitative estimate of drug-likeness (QED) is 0.525. The molecule has 0 radical (unpaired) electrons. The van der Waals surface area contributed by atoms with Crippen LogP contribution in [0.1, 0.15) is 26.7 Å². The molecule has 72 valence electrons. The Morgan fingerprint density at radius 3 is 2.17 bits per heavy atom. The zero-order valence-electron chi connectivity index (χ0n) is 7.40. The van der Waals surface area contributed by atoms with Crippen molar-refractivity contribution in [1.82, 2.24) is 0 Å². The Bertz CT molecular complexity index is 144. The van der Waals surface area contributed by atoms with Gasteiger partial charge in [-0.2, -0.15) is 0 Å². The fourth-order valence-electron chi connectivity index (χ4n) is 0.820. The summed E-state index contributed by atoms with van der Waals surface area (Å²) >= 11 is 0. The van der Waals surface area contributed by atoms with Gasteiger partial charge < -0.3 is 15.3 Å². The number of carbonyl (C=O) groups is 1. The maximum Gasteiger partial charge on any atom is 0.135 e. The van der Waals surface area contributed by atoms with Gasteiger partial charge >= 0.3 is 0 Å². The molecule has 0 saturated heterocycles. The number of hydrogen-bond acceptors (Lipinski definition) is 4. The smallest absolute Gasteiger partial charge is 0.135 e. The number of ketones is 1. The summed E-state index contributed by atoms with van der Waals surface area (Å²) in [7, 11) is 0. The summed E-state index contributed by atoms with van der Waals surface area (Å²) in [5.74, 6) is -0.123. The molecule has 4 heteroatoms. The van der Waals surface area contributed by atoms with Gasteiger partial charge in [0.25, 0.3) is 0 Å². The average molecular weight is 176 g/mol. The summed E-state index contributed by atoms with van der Waals surface area (Å²) in [6.07, 6.45) is -3.16. The lowest BCUT2D eigenvalue weighted by atomic mass is 10.0. The minimum Gasteiger partial charge on any atom is -0.391 e. The summed E-state index contributed by atoms with van der Waals surface area (Å²) in [5, 5.41) is 27.1. The number of Topliss-reactive ketones (excluding diaryl/α,β-unsaturated/α-hetero) is 1. The molecule has 0 aromatic heterocycles. The van der Waals surface area contributed by atoms with Gasteiger partial charge in [-0.05, 0) is 6.92 Å². The molecule has 3 N–H and O–H groups in total. The fourth-order valence-corrected chi connectivity index (χ4v) is 0.820. The lowest BCUT2D eigenvalue weighted by molar-refractivity contribution is -0.124. The first-order valence-corrected chi connectivity index (χ1v) is 4.05. The maximum absolute atomic E-state index is 10.8. The summed E-state index contributed by atoms with van der Waals surface area (Å²) in [6, 6.07) is 0. The van der Waals surface area contributed by atoms with E-state index in [1.165, 1.54) is 6.92 Å². The van der Waals surface area contributed by atoms with Crippen LogP contribution in [0.25, 0.3) is 0 Å². The van der Waals surface area contributed by atoms with Crippen LogP contribution in [-0.2, 0) is 4.79 Å². The minimum atomic E-state index is -1.24. The standard InChI is InChI=1S/C8H16O4/c1-3-6(10)4-7(11)8(12)5(2)9/h5,7-9,11-12H,3-4H2,1-2H3. The van der Waals surface area contributed by atoms with E-state index < -0.39 is 18.3 Å². The topological polar surface area (TPSA) is 77.8 Å². The third kappa shape index (κ3) is 3.80. The summed E-state index contributed by atoms with van der Waals surface area (Å²) in [5.41, 5.74) is 0. The molecule has 0 aliphatic carbocycles.